The van der Waals surface area contributed by atoms with Gasteiger partial charge >= 0.3 is 0 Å². The van der Waals surface area contributed by atoms with Crippen molar-refractivity contribution in [2.75, 3.05) is 13.1 Å². The number of aromatic nitrogens is 2. The van der Waals surface area contributed by atoms with Crippen LogP contribution >= 0.6 is 0 Å². The molecule has 1 fully saturated rings. The first-order valence-electron chi connectivity index (χ1n) is 7.82. The van der Waals surface area contributed by atoms with E-state index in [0.717, 1.165) is 6.54 Å². The normalized spacial score (nSPS) is 16.8. The standard InChI is InChI=1S/C15H26N4O/c20-15(8-13-19-12-5-9-18-19)17-11-10-16-14-6-3-1-2-4-7-14/h5,9,12,14,16H,1-4,6-8,10-11,13H2,(H,17,20). The highest BCUT2D eigenvalue weighted by atomic mass is 16.1. The lowest BCUT2D eigenvalue weighted by Gasteiger charge is -2.16. The summed E-state index contributed by atoms with van der Waals surface area (Å²) in [5, 5.41) is 10.6. The van der Waals surface area contributed by atoms with Crippen LogP contribution in [0.4, 0.5) is 0 Å². The fourth-order valence-corrected chi connectivity index (χ4v) is 2.70. The summed E-state index contributed by atoms with van der Waals surface area (Å²) in [4.78, 5) is 11.7. The van der Waals surface area contributed by atoms with Crippen molar-refractivity contribution in [3.05, 3.63) is 18.5 Å². The highest BCUT2D eigenvalue weighted by molar-refractivity contribution is 5.75. The first-order chi connectivity index (χ1) is 9.84. The molecule has 5 nitrogen and oxygen atoms in total. The molecule has 0 spiro atoms. The van der Waals surface area contributed by atoms with Gasteiger partial charge in [0.2, 0.25) is 5.91 Å². The molecule has 1 heterocycles. The van der Waals surface area contributed by atoms with Crippen LogP contribution in [0.25, 0.3) is 0 Å². The lowest BCUT2D eigenvalue weighted by molar-refractivity contribution is -0.121. The fraction of sp³-hybridized carbons (Fsp3) is 0.733. The molecule has 20 heavy (non-hydrogen) atoms. The first-order valence-corrected chi connectivity index (χ1v) is 7.82. The molecule has 0 bridgehead atoms. The molecule has 1 aliphatic rings. The second-order valence-corrected chi connectivity index (χ2v) is 5.51. The third kappa shape index (κ3) is 5.74. The van der Waals surface area contributed by atoms with E-state index in [-0.39, 0.29) is 5.91 Å². The van der Waals surface area contributed by atoms with Crippen LogP contribution in [-0.4, -0.2) is 34.8 Å². The zero-order chi connectivity index (χ0) is 14.0. The lowest BCUT2D eigenvalue weighted by Crippen LogP contribution is -2.37. The van der Waals surface area contributed by atoms with Crippen LogP contribution in [0.2, 0.25) is 0 Å². The largest absolute Gasteiger partial charge is 0.355 e. The maximum absolute atomic E-state index is 11.7. The van der Waals surface area contributed by atoms with Gasteiger partial charge in [0.05, 0.1) is 0 Å². The van der Waals surface area contributed by atoms with Gasteiger partial charge in [0.1, 0.15) is 0 Å². The van der Waals surface area contributed by atoms with Crippen LogP contribution in [0, 0.1) is 0 Å². The molecule has 0 atom stereocenters. The van der Waals surface area contributed by atoms with Gasteiger partial charge in [-0.3, -0.25) is 9.48 Å². The molecule has 1 saturated carbocycles. The molecule has 1 aromatic heterocycles. The van der Waals surface area contributed by atoms with Crippen molar-refractivity contribution in [1.29, 1.82) is 0 Å². The van der Waals surface area contributed by atoms with Gasteiger partial charge in [-0.2, -0.15) is 5.10 Å². The monoisotopic (exact) mass is 278 g/mol. The Balaban J connectivity index is 1.50. The summed E-state index contributed by atoms with van der Waals surface area (Å²) >= 11 is 0. The summed E-state index contributed by atoms with van der Waals surface area (Å²) in [6, 6.07) is 2.52. The highest BCUT2D eigenvalue weighted by Crippen LogP contribution is 2.16. The summed E-state index contributed by atoms with van der Waals surface area (Å²) in [7, 11) is 0. The second kappa shape index (κ2) is 8.74. The van der Waals surface area contributed by atoms with Gasteiger partial charge in [-0.1, -0.05) is 25.7 Å². The quantitative estimate of drug-likeness (QED) is 0.589. The van der Waals surface area contributed by atoms with Crippen molar-refractivity contribution in [3.63, 3.8) is 0 Å². The Morgan fingerprint density at radius 1 is 1.20 bits per heavy atom. The van der Waals surface area contributed by atoms with Crippen LogP contribution in [0.15, 0.2) is 18.5 Å². The smallest absolute Gasteiger partial charge is 0.221 e. The first kappa shape index (κ1) is 15.0. The van der Waals surface area contributed by atoms with Crippen LogP contribution in [-0.2, 0) is 11.3 Å². The number of amides is 1. The molecule has 1 aliphatic carbocycles. The third-order valence-corrected chi connectivity index (χ3v) is 3.86. The van der Waals surface area contributed by atoms with Gasteiger partial charge in [0, 0.05) is 44.5 Å². The van der Waals surface area contributed by atoms with Gasteiger partial charge in [-0.05, 0) is 18.9 Å². The molecule has 0 radical (unpaired) electrons. The average Bonchev–Trinajstić information content (AvgIpc) is 2.84. The van der Waals surface area contributed by atoms with E-state index in [1.807, 2.05) is 12.3 Å². The predicted octanol–water partition coefficient (Wildman–Crippen LogP) is 1.70. The number of rotatable bonds is 7. The van der Waals surface area contributed by atoms with Crippen LogP contribution in [0.5, 0.6) is 0 Å². The Hall–Kier alpha value is -1.36. The summed E-state index contributed by atoms with van der Waals surface area (Å²) in [6.45, 7) is 2.24. The fourth-order valence-electron chi connectivity index (χ4n) is 2.70. The Morgan fingerprint density at radius 2 is 2.00 bits per heavy atom. The average molecular weight is 278 g/mol. The second-order valence-electron chi connectivity index (χ2n) is 5.51. The van der Waals surface area contributed by atoms with Crippen molar-refractivity contribution in [2.24, 2.45) is 0 Å². The summed E-state index contributed by atoms with van der Waals surface area (Å²) in [5.41, 5.74) is 0. The van der Waals surface area contributed by atoms with Gasteiger partial charge < -0.3 is 10.6 Å². The summed E-state index contributed by atoms with van der Waals surface area (Å²) in [6.07, 6.45) is 12.1. The Bertz CT molecular complexity index is 369. The number of hydrogen-bond donors (Lipinski definition) is 2. The van der Waals surface area contributed by atoms with Crippen molar-refractivity contribution in [1.82, 2.24) is 20.4 Å². The van der Waals surface area contributed by atoms with E-state index in [0.29, 0.717) is 25.6 Å². The Kier molecular flexibility index (Phi) is 6.57. The molecular weight excluding hydrogens is 252 g/mol. The minimum absolute atomic E-state index is 0.100. The maximum atomic E-state index is 11.7. The molecule has 1 aromatic rings. The van der Waals surface area contributed by atoms with Crippen molar-refractivity contribution >= 4 is 5.91 Å². The van der Waals surface area contributed by atoms with E-state index >= 15 is 0 Å². The molecule has 1 amide bonds. The maximum Gasteiger partial charge on any atom is 0.221 e. The molecule has 5 heteroatoms. The molecular formula is C15H26N4O. The Labute approximate surface area is 121 Å². The third-order valence-electron chi connectivity index (χ3n) is 3.86. The highest BCUT2D eigenvalue weighted by Gasteiger charge is 2.10. The SMILES string of the molecule is O=C(CCn1cccn1)NCCNC1CCCCCC1. The minimum Gasteiger partial charge on any atom is -0.355 e. The van der Waals surface area contributed by atoms with Crippen molar-refractivity contribution < 1.29 is 4.79 Å². The van der Waals surface area contributed by atoms with E-state index in [1.54, 1.807) is 10.9 Å². The van der Waals surface area contributed by atoms with E-state index in [2.05, 4.69) is 15.7 Å². The van der Waals surface area contributed by atoms with Crippen LogP contribution in [0.3, 0.4) is 0 Å². The molecule has 0 aliphatic heterocycles. The van der Waals surface area contributed by atoms with E-state index in [4.69, 9.17) is 0 Å². The number of hydrogen-bond acceptors (Lipinski definition) is 3. The minimum atomic E-state index is 0.100. The summed E-state index contributed by atoms with van der Waals surface area (Å²) in [5.74, 6) is 0.100. The number of carbonyl (C=O) groups excluding carboxylic acids is 1. The zero-order valence-electron chi connectivity index (χ0n) is 12.2. The lowest BCUT2D eigenvalue weighted by atomic mass is 10.1. The number of aryl methyl sites for hydroxylation is 1. The molecule has 0 unspecified atom stereocenters. The van der Waals surface area contributed by atoms with Crippen LogP contribution in [0.1, 0.15) is 44.9 Å². The topological polar surface area (TPSA) is 59.0 Å². The zero-order valence-corrected chi connectivity index (χ0v) is 12.2. The Morgan fingerprint density at radius 3 is 2.70 bits per heavy atom. The summed E-state index contributed by atoms with van der Waals surface area (Å²) < 4.78 is 1.78. The van der Waals surface area contributed by atoms with E-state index in [1.165, 1.54) is 38.5 Å². The van der Waals surface area contributed by atoms with Gasteiger partial charge in [0.25, 0.3) is 0 Å². The van der Waals surface area contributed by atoms with Gasteiger partial charge in [-0.15, -0.1) is 0 Å². The van der Waals surface area contributed by atoms with E-state index in [9.17, 15) is 4.79 Å². The van der Waals surface area contributed by atoms with Crippen molar-refractivity contribution in [2.45, 2.75) is 57.5 Å². The molecule has 2 rings (SSSR count). The molecule has 2 N–H and O–H groups in total. The van der Waals surface area contributed by atoms with Crippen LogP contribution < -0.4 is 10.6 Å². The number of carbonyl (C=O) groups is 1. The number of nitrogens with zero attached hydrogens (tertiary/aromatic N) is 2. The van der Waals surface area contributed by atoms with E-state index < -0.39 is 0 Å². The van der Waals surface area contributed by atoms with Gasteiger partial charge in [-0.25, -0.2) is 0 Å². The molecule has 112 valence electrons. The van der Waals surface area contributed by atoms with Crippen molar-refractivity contribution in [3.8, 4) is 0 Å². The molecule has 0 saturated heterocycles. The predicted molar refractivity (Wildman–Crippen MR) is 79.3 cm³/mol. The van der Waals surface area contributed by atoms with Gasteiger partial charge in [0.15, 0.2) is 0 Å². The number of nitrogens with one attached hydrogen (secondary N) is 2. The molecule has 0 aromatic carbocycles.